The fourth-order valence-electron chi connectivity index (χ4n) is 1.76. The highest BCUT2D eigenvalue weighted by Gasteiger charge is 2.13. The molecule has 0 aliphatic heterocycles. The summed E-state index contributed by atoms with van der Waals surface area (Å²) in [5, 5.41) is 0. The van der Waals surface area contributed by atoms with Crippen LogP contribution in [-0.4, -0.2) is 5.78 Å². The minimum atomic E-state index is 0.208. The van der Waals surface area contributed by atoms with Crippen LogP contribution >= 0.6 is 43.2 Å². The summed E-state index contributed by atoms with van der Waals surface area (Å²) in [4.78, 5) is 12.0. The number of thiophene rings is 1. The molecule has 0 radical (unpaired) electrons. The largest absolute Gasteiger partial charge is 0.294 e. The first kappa shape index (κ1) is 14.0. The van der Waals surface area contributed by atoms with Gasteiger partial charge in [-0.3, -0.25) is 4.79 Å². The number of ketones is 1. The summed E-state index contributed by atoms with van der Waals surface area (Å²) in [5.74, 6) is 0.208. The van der Waals surface area contributed by atoms with E-state index in [0.717, 1.165) is 26.0 Å². The standard InChI is InChI=1S/C14H12Br2OS/c15-13-9-11(14(16)18-13)12(17)8-4-7-10-5-2-1-3-6-10/h1-3,5-6,9H,4,7-8H2. The summed E-state index contributed by atoms with van der Waals surface area (Å²) in [6, 6.07) is 12.2. The van der Waals surface area contributed by atoms with E-state index in [0.29, 0.717) is 6.42 Å². The molecule has 0 saturated carbocycles. The Hall–Kier alpha value is -0.450. The van der Waals surface area contributed by atoms with Crippen LogP contribution in [0, 0.1) is 0 Å². The van der Waals surface area contributed by atoms with Gasteiger partial charge in [0.05, 0.1) is 7.57 Å². The normalized spacial score (nSPS) is 10.6. The summed E-state index contributed by atoms with van der Waals surface area (Å²) in [6.45, 7) is 0. The predicted octanol–water partition coefficient (Wildman–Crippen LogP) is 5.48. The molecule has 0 fully saturated rings. The Kier molecular flexibility index (Phi) is 5.15. The van der Waals surface area contributed by atoms with Gasteiger partial charge in [0.1, 0.15) is 0 Å². The van der Waals surface area contributed by atoms with Crippen LogP contribution in [0.2, 0.25) is 0 Å². The van der Waals surface area contributed by atoms with Crippen LogP contribution < -0.4 is 0 Å². The quantitative estimate of drug-likeness (QED) is 0.621. The smallest absolute Gasteiger partial charge is 0.164 e. The molecule has 0 unspecified atom stereocenters. The number of aryl methyl sites for hydroxylation is 1. The van der Waals surface area contributed by atoms with Crippen molar-refractivity contribution in [1.29, 1.82) is 0 Å². The van der Waals surface area contributed by atoms with E-state index in [1.165, 1.54) is 16.9 Å². The Morgan fingerprint density at radius 3 is 2.50 bits per heavy atom. The van der Waals surface area contributed by atoms with E-state index in [4.69, 9.17) is 0 Å². The van der Waals surface area contributed by atoms with E-state index < -0.39 is 0 Å². The van der Waals surface area contributed by atoms with Crippen molar-refractivity contribution in [2.24, 2.45) is 0 Å². The lowest BCUT2D eigenvalue weighted by molar-refractivity contribution is 0.0980. The van der Waals surface area contributed by atoms with Crippen LogP contribution in [0.1, 0.15) is 28.8 Å². The van der Waals surface area contributed by atoms with Gasteiger partial charge in [-0.2, -0.15) is 0 Å². The molecule has 0 saturated heterocycles. The maximum Gasteiger partial charge on any atom is 0.164 e. The molecule has 1 aromatic heterocycles. The van der Waals surface area contributed by atoms with E-state index in [2.05, 4.69) is 44.0 Å². The van der Waals surface area contributed by atoms with Crippen LogP contribution in [0.3, 0.4) is 0 Å². The summed E-state index contributed by atoms with van der Waals surface area (Å²) in [7, 11) is 0. The van der Waals surface area contributed by atoms with Crippen molar-refractivity contribution in [2.45, 2.75) is 19.3 Å². The fraction of sp³-hybridized carbons (Fsp3) is 0.214. The molecule has 94 valence electrons. The fourth-order valence-corrected chi connectivity index (χ4v) is 4.62. The minimum absolute atomic E-state index is 0.208. The van der Waals surface area contributed by atoms with Gasteiger partial charge in [-0.15, -0.1) is 11.3 Å². The number of Topliss-reactive ketones (excluding diaryl/α,β-unsaturated/α-hetero) is 1. The Balaban J connectivity index is 1.87. The second kappa shape index (κ2) is 6.64. The zero-order valence-corrected chi connectivity index (χ0v) is 13.6. The van der Waals surface area contributed by atoms with E-state index in [-0.39, 0.29) is 5.78 Å². The number of halogens is 2. The van der Waals surface area contributed by atoms with Gasteiger partial charge < -0.3 is 0 Å². The highest BCUT2D eigenvalue weighted by atomic mass is 79.9. The number of carbonyl (C=O) groups excluding carboxylic acids is 1. The third-order valence-electron chi connectivity index (χ3n) is 2.67. The molecule has 0 amide bonds. The van der Waals surface area contributed by atoms with Crippen LogP contribution in [0.5, 0.6) is 0 Å². The zero-order chi connectivity index (χ0) is 13.0. The van der Waals surface area contributed by atoms with Crippen molar-refractivity contribution < 1.29 is 4.79 Å². The maximum absolute atomic E-state index is 12.0. The SMILES string of the molecule is O=C(CCCc1ccccc1)c1cc(Br)sc1Br. The monoisotopic (exact) mass is 386 g/mol. The highest BCUT2D eigenvalue weighted by Crippen LogP contribution is 2.32. The lowest BCUT2D eigenvalue weighted by Crippen LogP contribution is -1.99. The summed E-state index contributed by atoms with van der Waals surface area (Å²) in [6.07, 6.45) is 2.44. The second-order valence-corrected chi connectivity index (χ2v) is 7.75. The van der Waals surface area contributed by atoms with Gasteiger partial charge in [-0.1, -0.05) is 30.3 Å². The molecule has 1 nitrogen and oxygen atoms in total. The molecule has 0 aliphatic rings. The third-order valence-corrected chi connectivity index (χ3v) is 5.01. The zero-order valence-electron chi connectivity index (χ0n) is 9.66. The van der Waals surface area contributed by atoms with Crippen molar-refractivity contribution >= 4 is 49.0 Å². The molecule has 0 N–H and O–H groups in total. The topological polar surface area (TPSA) is 17.1 Å². The maximum atomic E-state index is 12.0. The number of benzene rings is 1. The van der Waals surface area contributed by atoms with Gasteiger partial charge in [-0.05, 0) is 56.3 Å². The number of hydrogen-bond donors (Lipinski definition) is 0. The van der Waals surface area contributed by atoms with Gasteiger partial charge in [0.2, 0.25) is 0 Å². The van der Waals surface area contributed by atoms with Gasteiger partial charge in [0.15, 0.2) is 5.78 Å². The molecule has 0 atom stereocenters. The lowest BCUT2D eigenvalue weighted by Gasteiger charge is -2.01. The van der Waals surface area contributed by atoms with Crippen LogP contribution in [0.25, 0.3) is 0 Å². The van der Waals surface area contributed by atoms with Crippen molar-refractivity contribution in [2.75, 3.05) is 0 Å². The summed E-state index contributed by atoms with van der Waals surface area (Å²) in [5.41, 5.74) is 2.08. The number of hydrogen-bond acceptors (Lipinski definition) is 2. The average Bonchev–Trinajstić information content (AvgIpc) is 2.70. The van der Waals surface area contributed by atoms with E-state index in [1.54, 1.807) is 0 Å². The number of carbonyl (C=O) groups is 1. The first-order valence-corrected chi connectivity index (χ1v) is 8.09. The van der Waals surface area contributed by atoms with Crippen molar-refractivity contribution in [3.05, 3.63) is 55.1 Å². The Bertz CT molecular complexity index is 534. The predicted molar refractivity (Wildman–Crippen MR) is 83.4 cm³/mol. The first-order valence-electron chi connectivity index (χ1n) is 5.69. The molecular formula is C14H12Br2OS. The van der Waals surface area contributed by atoms with Crippen molar-refractivity contribution in [1.82, 2.24) is 0 Å². The van der Waals surface area contributed by atoms with Gasteiger partial charge in [0, 0.05) is 12.0 Å². The number of rotatable bonds is 5. The molecule has 4 heteroatoms. The molecule has 0 bridgehead atoms. The lowest BCUT2D eigenvalue weighted by atomic mass is 10.0. The van der Waals surface area contributed by atoms with Gasteiger partial charge in [0.25, 0.3) is 0 Å². The molecule has 0 aliphatic carbocycles. The molecule has 1 heterocycles. The molecule has 1 aromatic carbocycles. The minimum Gasteiger partial charge on any atom is -0.294 e. The average molecular weight is 388 g/mol. The summed E-state index contributed by atoms with van der Waals surface area (Å²) < 4.78 is 1.90. The van der Waals surface area contributed by atoms with E-state index in [9.17, 15) is 4.79 Å². The van der Waals surface area contributed by atoms with Gasteiger partial charge >= 0.3 is 0 Å². The van der Waals surface area contributed by atoms with Crippen LogP contribution in [0.4, 0.5) is 0 Å². The molecule has 18 heavy (non-hydrogen) atoms. The first-order chi connectivity index (χ1) is 8.66. The van der Waals surface area contributed by atoms with Crippen LogP contribution in [-0.2, 0) is 6.42 Å². The molecule has 0 spiro atoms. The van der Waals surface area contributed by atoms with Crippen molar-refractivity contribution in [3.8, 4) is 0 Å². The molecular weight excluding hydrogens is 376 g/mol. The van der Waals surface area contributed by atoms with Crippen LogP contribution in [0.15, 0.2) is 44.0 Å². The third kappa shape index (κ3) is 3.77. The Morgan fingerprint density at radius 2 is 1.89 bits per heavy atom. The second-order valence-electron chi connectivity index (χ2n) is 4.00. The van der Waals surface area contributed by atoms with E-state index >= 15 is 0 Å². The highest BCUT2D eigenvalue weighted by molar-refractivity contribution is 9.12. The Morgan fingerprint density at radius 1 is 1.17 bits per heavy atom. The molecule has 2 aromatic rings. The van der Waals surface area contributed by atoms with E-state index in [1.807, 2.05) is 24.3 Å². The van der Waals surface area contributed by atoms with Crippen molar-refractivity contribution in [3.63, 3.8) is 0 Å². The summed E-state index contributed by atoms with van der Waals surface area (Å²) >= 11 is 8.35. The molecule has 2 rings (SSSR count). The Labute approximate surface area is 127 Å². The van der Waals surface area contributed by atoms with Gasteiger partial charge in [-0.25, -0.2) is 0 Å².